The largest absolute Gasteiger partial charge is 0.333 e. The van der Waals surface area contributed by atoms with Gasteiger partial charge in [-0.1, -0.05) is 11.6 Å². The molecule has 5 heteroatoms. The molecule has 0 saturated heterocycles. The second-order valence-corrected chi connectivity index (χ2v) is 6.05. The van der Waals surface area contributed by atoms with Crippen molar-refractivity contribution in [3.8, 4) is 0 Å². The summed E-state index contributed by atoms with van der Waals surface area (Å²) in [7, 11) is 0. The molecule has 1 aliphatic heterocycles. The Labute approximate surface area is 117 Å². The average molecular weight is 281 g/mol. The SMILES string of the molecule is CC(C)(C)N1CCC(=O)Nc2ccc(Cl)cc2C1=O. The van der Waals surface area contributed by atoms with Gasteiger partial charge in [0.2, 0.25) is 5.91 Å². The van der Waals surface area contributed by atoms with Crippen molar-refractivity contribution in [2.24, 2.45) is 0 Å². The van der Waals surface area contributed by atoms with Crippen molar-refractivity contribution in [1.29, 1.82) is 0 Å². The van der Waals surface area contributed by atoms with E-state index in [2.05, 4.69) is 5.32 Å². The van der Waals surface area contributed by atoms with E-state index < -0.39 is 0 Å². The van der Waals surface area contributed by atoms with Crippen LogP contribution in [-0.4, -0.2) is 28.8 Å². The quantitative estimate of drug-likeness (QED) is 0.794. The fraction of sp³-hybridized carbons (Fsp3) is 0.429. The molecule has 0 unspecified atom stereocenters. The lowest BCUT2D eigenvalue weighted by Crippen LogP contribution is -2.48. The van der Waals surface area contributed by atoms with Crippen molar-refractivity contribution in [2.45, 2.75) is 32.7 Å². The molecule has 0 radical (unpaired) electrons. The molecule has 1 heterocycles. The van der Waals surface area contributed by atoms with Gasteiger partial charge in [0.05, 0.1) is 11.3 Å². The number of fused-ring (bicyclic) bond motifs is 1. The number of nitrogens with zero attached hydrogens (tertiary/aromatic N) is 1. The number of carbonyl (C=O) groups excluding carboxylic acids is 2. The zero-order chi connectivity index (χ0) is 14.2. The topological polar surface area (TPSA) is 49.4 Å². The normalized spacial score (nSPS) is 16.5. The Balaban J connectivity index is 2.52. The summed E-state index contributed by atoms with van der Waals surface area (Å²) in [6.07, 6.45) is 0.297. The lowest BCUT2D eigenvalue weighted by Gasteiger charge is -2.37. The first-order valence-electron chi connectivity index (χ1n) is 6.20. The smallest absolute Gasteiger partial charge is 0.256 e. The highest BCUT2D eigenvalue weighted by Crippen LogP contribution is 2.27. The van der Waals surface area contributed by atoms with Gasteiger partial charge < -0.3 is 10.2 Å². The van der Waals surface area contributed by atoms with Crippen LogP contribution >= 0.6 is 11.6 Å². The van der Waals surface area contributed by atoms with Crippen LogP contribution in [0.2, 0.25) is 5.02 Å². The third-order valence-electron chi connectivity index (χ3n) is 3.10. The molecule has 1 N–H and O–H groups in total. The van der Waals surface area contributed by atoms with Gasteiger partial charge in [0.25, 0.3) is 5.91 Å². The Kier molecular flexibility index (Phi) is 3.54. The van der Waals surface area contributed by atoms with Gasteiger partial charge in [-0.2, -0.15) is 0 Å². The van der Waals surface area contributed by atoms with Crippen molar-refractivity contribution >= 4 is 29.1 Å². The molecule has 0 bridgehead atoms. The van der Waals surface area contributed by atoms with Gasteiger partial charge in [-0.15, -0.1) is 0 Å². The van der Waals surface area contributed by atoms with Crippen LogP contribution in [0.5, 0.6) is 0 Å². The number of hydrogen-bond donors (Lipinski definition) is 1. The van der Waals surface area contributed by atoms with E-state index in [1.807, 2.05) is 20.8 Å². The van der Waals surface area contributed by atoms with Crippen LogP contribution in [0.1, 0.15) is 37.6 Å². The van der Waals surface area contributed by atoms with Crippen LogP contribution < -0.4 is 5.32 Å². The second kappa shape index (κ2) is 4.85. The highest BCUT2D eigenvalue weighted by Gasteiger charge is 2.31. The Hall–Kier alpha value is -1.55. The molecular formula is C14H17ClN2O2. The first kappa shape index (κ1) is 13.9. The van der Waals surface area contributed by atoms with Crippen LogP contribution in [0.15, 0.2) is 18.2 Å². The fourth-order valence-electron chi connectivity index (χ4n) is 2.12. The number of rotatable bonds is 0. The second-order valence-electron chi connectivity index (χ2n) is 5.62. The average Bonchev–Trinajstić information content (AvgIpc) is 2.28. The molecule has 0 saturated carbocycles. The summed E-state index contributed by atoms with van der Waals surface area (Å²) in [5.41, 5.74) is 0.623. The van der Waals surface area contributed by atoms with Crippen LogP contribution in [0.3, 0.4) is 0 Å². The third kappa shape index (κ3) is 2.89. The number of amides is 2. The number of halogens is 1. The number of anilines is 1. The number of benzene rings is 1. The minimum absolute atomic E-state index is 0.0923. The summed E-state index contributed by atoms with van der Waals surface area (Å²) >= 11 is 5.95. The number of nitrogens with one attached hydrogen (secondary N) is 1. The number of hydrogen-bond acceptors (Lipinski definition) is 2. The third-order valence-corrected chi connectivity index (χ3v) is 3.34. The van der Waals surface area contributed by atoms with Crippen LogP contribution in [-0.2, 0) is 4.79 Å². The van der Waals surface area contributed by atoms with E-state index in [0.29, 0.717) is 29.2 Å². The summed E-state index contributed by atoms with van der Waals surface area (Å²) in [6.45, 7) is 6.26. The molecule has 1 aliphatic rings. The standard InChI is InChI=1S/C14H17ClN2O2/c1-14(2,3)17-7-6-12(18)16-11-5-4-9(15)8-10(11)13(17)19/h4-5,8H,6-7H2,1-3H3,(H,16,18). The van der Waals surface area contributed by atoms with E-state index in [9.17, 15) is 9.59 Å². The van der Waals surface area contributed by atoms with Crippen LogP contribution in [0.25, 0.3) is 0 Å². The van der Waals surface area contributed by atoms with E-state index in [0.717, 1.165) is 0 Å². The molecular weight excluding hydrogens is 264 g/mol. The lowest BCUT2D eigenvalue weighted by atomic mass is 10.0. The molecule has 0 spiro atoms. The monoisotopic (exact) mass is 280 g/mol. The first-order valence-corrected chi connectivity index (χ1v) is 6.58. The lowest BCUT2D eigenvalue weighted by molar-refractivity contribution is -0.116. The van der Waals surface area contributed by atoms with E-state index >= 15 is 0 Å². The summed E-state index contributed by atoms with van der Waals surface area (Å²) in [6, 6.07) is 4.93. The Morgan fingerprint density at radius 2 is 1.95 bits per heavy atom. The summed E-state index contributed by atoms with van der Waals surface area (Å²) in [5, 5.41) is 3.23. The van der Waals surface area contributed by atoms with Crippen LogP contribution in [0, 0.1) is 0 Å². The molecule has 1 aromatic carbocycles. The highest BCUT2D eigenvalue weighted by molar-refractivity contribution is 6.31. The maximum atomic E-state index is 12.6. The van der Waals surface area contributed by atoms with Gasteiger partial charge in [-0.3, -0.25) is 9.59 Å². The van der Waals surface area contributed by atoms with Crippen molar-refractivity contribution in [2.75, 3.05) is 11.9 Å². The Morgan fingerprint density at radius 3 is 2.58 bits per heavy atom. The van der Waals surface area contributed by atoms with E-state index in [-0.39, 0.29) is 17.4 Å². The molecule has 4 nitrogen and oxygen atoms in total. The number of carbonyl (C=O) groups is 2. The fourth-order valence-corrected chi connectivity index (χ4v) is 2.29. The van der Waals surface area contributed by atoms with E-state index in [1.54, 1.807) is 23.1 Å². The first-order chi connectivity index (χ1) is 8.79. The maximum absolute atomic E-state index is 12.6. The van der Waals surface area contributed by atoms with Crippen molar-refractivity contribution in [1.82, 2.24) is 4.90 Å². The molecule has 0 aliphatic carbocycles. The molecule has 0 fully saturated rings. The van der Waals surface area contributed by atoms with Crippen molar-refractivity contribution in [3.05, 3.63) is 28.8 Å². The molecule has 2 rings (SSSR count). The summed E-state index contributed by atoms with van der Waals surface area (Å²) < 4.78 is 0. The molecule has 0 atom stereocenters. The van der Waals surface area contributed by atoms with Crippen molar-refractivity contribution in [3.63, 3.8) is 0 Å². The summed E-state index contributed by atoms with van der Waals surface area (Å²) in [4.78, 5) is 26.1. The van der Waals surface area contributed by atoms with Gasteiger partial charge in [-0.25, -0.2) is 0 Å². The van der Waals surface area contributed by atoms with Gasteiger partial charge >= 0.3 is 0 Å². The van der Waals surface area contributed by atoms with E-state index in [1.165, 1.54) is 0 Å². The minimum Gasteiger partial charge on any atom is -0.333 e. The Morgan fingerprint density at radius 1 is 1.26 bits per heavy atom. The van der Waals surface area contributed by atoms with Gasteiger partial charge in [0.15, 0.2) is 0 Å². The predicted octanol–water partition coefficient (Wildman–Crippen LogP) is 2.92. The predicted molar refractivity (Wildman–Crippen MR) is 75.5 cm³/mol. The molecule has 1 aromatic rings. The van der Waals surface area contributed by atoms with Gasteiger partial charge in [0, 0.05) is 23.5 Å². The van der Waals surface area contributed by atoms with Crippen LogP contribution in [0.4, 0.5) is 5.69 Å². The van der Waals surface area contributed by atoms with Crippen molar-refractivity contribution < 1.29 is 9.59 Å². The zero-order valence-electron chi connectivity index (χ0n) is 11.3. The highest BCUT2D eigenvalue weighted by atomic mass is 35.5. The Bertz CT molecular complexity index is 535. The van der Waals surface area contributed by atoms with Gasteiger partial charge in [0.1, 0.15) is 0 Å². The molecule has 0 aromatic heterocycles. The maximum Gasteiger partial charge on any atom is 0.256 e. The van der Waals surface area contributed by atoms with Gasteiger partial charge in [-0.05, 0) is 39.0 Å². The summed E-state index contributed by atoms with van der Waals surface area (Å²) in [5.74, 6) is -0.199. The molecule has 102 valence electrons. The zero-order valence-corrected chi connectivity index (χ0v) is 12.0. The molecule has 2 amide bonds. The van der Waals surface area contributed by atoms with E-state index in [4.69, 9.17) is 11.6 Å². The minimum atomic E-state index is -0.339. The molecule has 19 heavy (non-hydrogen) atoms.